The summed E-state index contributed by atoms with van der Waals surface area (Å²) in [5.74, 6) is 0.914. The molecule has 0 spiro atoms. The number of aryl methyl sites for hydroxylation is 1. The third-order valence-corrected chi connectivity index (χ3v) is 3.65. The van der Waals surface area contributed by atoms with Crippen LogP contribution < -0.4 is 5.73 Å². The summed E-state index contributed by atoms with van der Waals surface area (Å²) < 4.78 is 1.84. The van der Waals surface area contributed by atoms with Gasteiger partial charge in [0.1, 0.15) is 5.01 Å². The predicted molar refractivity (Wildman–Crippen MR) is 73.8 cm³/mol. The zero-order valence-electron chi connectivity index (χ0n) is 11.5. The van der Waals surface area contributed by atoms with Gasteiger partial charge in [-0.25, -0.2) is 0 Å². The minimum absolute atomic E-state index is 0.152. The van der Waals surface area contributed by atoms with Crippen molar-refractivity contribution in [3.63, 3.8) is 0 Å². The maximum atomic E-state index is 6.17. The van der Waals surface area contributed by atoms with Crippen molar-refractivity contribution in [2.45, 2.75) is 53.0 Å². The first-order valence-electron chi connectivity index (χ1n) is 6.34. The van der Waals surface area contributed by atoms with Crippen LogP contribution in [0.1, 0.15) is 44.9 Å². The molecule has 2 heterocycles. The van der Waals surface area contributed by atoms with Crippen LogP contribution in [0, 0.1) is 5.41 Å². The Bertz CT molecular complexity index is 522. The first-order valence-corrected chi connectivity index (χ1v) is 7.16. The fraction of sp³-hybridized carbons (Fsp3) is 0.750. The molecular formula is C12H21N5S. The molecule has 2 aromatic rings. The summed E-state index contributed by atoms with van der Waals surface area (Å²) in [5.41, 5.74) is 6.43. The molecule has 0 aromatic carbocycles. The fourth-order valence-electron chi connectivity index (χ4n) is 2.08. The summed E-state index contributed by atoms with van der Waals surface area (Å²) in [6, 6.07) is 0.152. The van der Waals surface area contributed by atoms with Gasteiger partial charge in [-0.15, -0.1) is 10.2 Å². The molecule has 0 bridgehead atoms. The summed E-state index contributed by atoms with van der Waals surface area (Å²) in [6.07, 6.45) is 2.65. The highest BCUT2D eigenvalue weighted by Gasteiger charge is 2.18. The standard InChI is InChI=1S/C12H21N5S/c1-5-9-14-15-11-17(9)16-10(18-11)6-8(13)7-12(2,3)4/h8H,5-7,13H2,1-4H3. The highest BCUT2D eigenvalue weighted by Crippen LogP contribution is 2.23. The molecule has 2 N–H and O–H groups in total. The molecule has 2 aromatic heterocycles. The van der Waals surface area contributed by atoms with Gasteiger partial charge in [0.05, 0.1) is 0 Å². The number of hydrogen-bond donors (Lipinski definition) is 1. The molecule has 1 atom stereocenters. The minimum atomic E-state index is 0.152. The van der Waals surface area contributed by atoms with Gasteiger partial charge in [0, 0.05) is 18.9 Å². The molecule has 0 aliphatic heterocycles. The van der Waals surface area contributed by atoms with Crippen molar-refractivity contribution < 1.29 is 0 Å². The topological polar surface area (TPSA) is 69.1 Å². The second kappa shape index (κ2) is 4.93. The van der Waals surface area contributed by atoms with E-state index in [1.165, 1.54) is 0 Å². The van der Waals surface area contributed by atoms with Gasteiger partial charge in [-0.3, -0.25) is 0 Å². The monoisotopic (exact) mass is 267 g/mol. The zero-order valence-corrected chi connectivity index (χ0v) is 12.3. The quantitative estimate of drug-likeness (QED) is 0.920. The van der Waals surface area contributed by atoms with Crippen LogP contribution in [0.25, 0.3) is 4.96 Å². The summed E-state index contributed by atoms with van der Waals surface area (Å²) >= 11 is 1.59. The SMILES string of the molecule is CCc1nnc2sc(CC(N)CC(C)(C)C)nn12. The van der Waals surface area contributed by atoms with E-state index < -0.39 is 0 Å². The normalized spacial score (nSPS) is 14.3. The summed E-state index contributed by atoms with van der Waals surface area (Å²) in [4.78, 5) is 0.866. The van der Waals surface area contributed by atoms with Gasteiger partial charge in [-0.2, -0.15) is 9.61 Å². The first-order chi connectivity index (χ1) is 8.39. The molecule has 0 saturated carbocycles. The second-order valence-corrected chi connectivity index (χ2v) is 6.93. The lowest BCUT2D eigenvalue weighted by atomic mass is 9.87. The van der Waals surface area contributed by atoms with E-state index in [9.17, 15) is 0 Å². The van der Waals surface area contributed by atoms with E-state index in [4.69, 9.17) is 5.73 Å². The molecule has 1 unspecified atom stereocenters. The molecule has 0 saturated heterocycles. The van der Waals surface area contributed by atoms with Gasteiger partial charge < -0.3 is 5.73 Å². The van der Waals surface area contributed by atoms with Crippen LogP contribution in [0.2, 0.25) is 0 Å². The van der Waals surface area contributed by atoms with Gasteiger partial charge >= 0.3 is 0 Å². The third-order valence-electron chi connectivity index (χ3n) is 2.72. The van der Waals surface area contributed by atoms with E-state index >= 15 is 0 Å². The Labute approximate surface area is 111 Å². The fourth-order valence-corrected chi connectivity index (χ4v) is 3.03. The maximum absolute atomic E-state index is 6.17. The average molecular weight is 267 g/mol. The van der Waals surface area contributed by atoms with Crippen molar-refractivity contribution in [1.29, 1.82) is 0 Å². The van der Waals surface area contributed by atoms with Crippen molar-refractivity contribution in [3.05, 3.63) is 10.8 Å². The Morgan fingerprint density at radius 3 is 2.67 bits per heavy atom. The molecule has 100 valence electrons. The highest BCUT2D eigenvalue weighted by atomic mass is 32.1. The van der Waals surface area contributed by atoms with Crippen LogP contribution in [0.5, 0.6) is 0 Å². The number of rotatable bonds is 4. The largest absolute Gasteiger partial charge is 0.327 e. The van der Waals surface area contributed by atoms with Crippen molar-refractivity contribution in [2.75, 3.05) is 0 Å². The predicted octanol–water partition coefficient (Wildman–Crippen LogP) is 2.05. The smallest absolute Gasteiger partial charge is 0.234 e. The molecule has 5 nitrogen and oxygen atoms in total. The van der Waals surface area contributed by atoms with E-state index in [1.807, 2.05) is 4.52 Å². The highest BCUT2D eigenvalue weighted by molar-refractivity contribution is 7.16. The van der Waals surface area contributed by atoms with Gasteiger partial charge in [0.25, 0.3) is 0 Å². The Morgan fingerprint density at radius 2 is 2.06 bits per heavy atom. The van der Waals surface area contributed by atoms with Crippen molar-refractivity contribution >= 4 is 16.3 Å². The number of nitrogens with zero attached hydrogens (tertiary/aromatic N) is 4. The van der Waals surface area contributed by atoms with Crippen molar-refractivity contribution in [3.8, 4) is 0 Å². The number of nitrogens with two attached hydrogens (primary N) is 1. The average Bonchev–Trinajstić information content (AvgIpc) is 2.73. The van der Waals surface area contributed by atoms with Crippen LogP contribution in [0.4, 0.5) is 0 Å². The third kappa shape index (κ3) is 3.05. The Hall–Kier alpha value is -1.01. The second-order valence-electron chi connectivity index (χ2n) is 5.89. The van der Waals surface area contributed by atoms with Crippen molar-refractivity contribution in [1.82, 2.24) is 19.8 Å². The zero-order chi connectivity index (χ0) is 13.3. The van der Waals surface area contributed by atoms with Crippen LogP contribution in [-0.4, -0.2) is 25.9 Å². The van der Waals surface area contributed by atoms with Gasteiger partial charge in [-0.1, -0.05) is 39.0 Å². The number of hydrogen-bond acceptors (Lipinski definition) is 5. The Balaban J connectivity index is 2.10. The summed E-state index contributed by atoms with van der Waals surface area (Å²) in [6.45, 7) is 8.68. The molecule has 18 heavy (non-hydrogen) atoms. The van der Waals surface area contributed by atoms with Gasteiger partial charge in [-0.05, 0) is 11.8 Å². The van der Waals surface area contributed by atoms with E-state index in [0.717, 1.165) is 35.1 Å². The molecule has 0 amide bonds. The molecule has 0 radical (unpaired) electrons. The lowest BCUT2D eigenvalue weighted by Crippen LogP contribution is -2.28. The van der Waals surface area contributed by atoms with Crippen LogP contribution in [-0.2, 0) is 12.8 Å². The number of fused-ring (bicyclic) bond motifs is 1. The van der Waals surface area contributed by atoms with Crippen molar-refractivity contribution in [2.24, 2.45) is 11.1 Å². The van der Waals surface area contributed by atoms with E-state index in [1.54, 1.807) is 11.3 Å². The number of aromatic nitrogens is 4. The van der Waals surface area contributed by atoms with Gasteiger partial charge in [0.2, 0.25) is 4.96 Å². The van der Waals surface area contributed by atoms with Gasteiger partial charge in [0.15, 0.2) is 5.82 Å². The van der Waals surface area contributed by atoms with Crippen LogP contribution in [0.3, 0.4) is 0 Å². The summed E-state index contributed by atoms with van der Waals surface area (Å²) in [5, 5.41) is 13.8. The molecule has 0 fully saturated rings. The molecule has 0 aliphatic carbocycles. The van der Waals surface area contributed by atoms with E-state index in [2.05, 4.69) is 43.0 Å². The Morgan fingerprint density at radius 1 is 1.33 bits per heavy atom. The molecular weight excluding hydrogens is 246 g/mol. The van der Waals surface area contributed by atoms with E-state index in [0.29, 0.717) is 0 Å². The van der Waals surface area contributed by atoms with E-state index in [-0.39, 0.29) is 11.5 Å². The molecule has 6 heteroatoms. The van der Waals surface area contributed by atoms with Crippen LogP contribution >= 0.6 is 11.3 Å². The first kappa shape index (κ1) is 13.4. The summed E-state index contributed by atoms with van der Waals surface area (Å²) in [7, 11) is 0. The minimum Gasteiger partial charge on any atom is -0.327 e. The lowest BCUT2D eigenvalue weighted by Gasteiger charge is -2.22. The molecule has 2 rings (SSSR count). The molecule has 0 aliphatic rings. The van der Waals surface area contributed by atoms with Crippen LogP contribution in [0.15, 0.2) is 0 Å². The lowest BCUT2D eigenvalue weighted by molar-refractivity contribution is 0.338. The Kier molecular flexibility index (Phi) is 3.68. The maximum Gasteiger partial charge on any atom is 0.234 e.